The highest BCUT2D eigenvalue weighted by molar-refractivity contribution is 7.99. The molecule has 0 radical (unpaired) electrons. The lowest BCUT2D eigenvalue weighted by atomic mass is 9.92. The molecule has 4 heteroatoms. The van der Waals surface area contributed by atoms with Gasteiger partial charge in [-0.25, -0.2) is 0 Å². The average molecular weight is 435 g/mol. The fourth-order valence-electron chi connectivity index (χ4n) is 4.62. The van der Waals surface area contributed by atoms with E-state index in [2.05, 4.69) is 95.9 Å². The third kappa shape index (κ3) is 3.10. The molecule has 156 valence electrons. The molecule has 2 aliphatic heterocycles. The van der Waals surface area contributed by atoms with E-state index in [1.807, 2.05) is 36.0 Å². The lowest BCUT2D eigenvalue weighted by Gasteiger charge is -2.37. The van der Waals surface area contributed by atoms with Gasteiger partial charge in [0.15, 0.2) is 5.84 Å². The molecule has 0 saturated carbocycles. The standard InChI is InChI=1S/C28H22N2OS/c1-4-12-21(13-5-1)26-20-28(23-16-8-3-9-17-23)30(24-18-10-11-19-25(24)32-26)27(29-31-28)22-14-6-2-7-15-22/h1-19,26H,20H2. The van der Waals surface area contributed by atoms with Crippen LogP contribution < -0.4 is 4.90 Å². The molecule has 2 aliphatic rings. The Balaban J connectivity index is 1.59. The maximum atomic E-state index is 6.49. The van der Waals surface area contributed by atoms with Crippen LogP contribution in [0.5, 0.6) is 0 Å². The van der Waals surface area contributed by atoms with Gasteiger partial charge in [-0.3, -0.25) is 4.90 Å². The first-order valence-electron chi connectivity index (χ1n) is 10.8. The van der Waals surface area contributed by atoms with Crippen LogP contribution in [0.3, 0.4) is 0 Å². The van der Waals surface area contributed by atoms with Crippen LogP contribution in [-0.4, -0.2) is 5.84 Å². The van der Waals surface area contributed by atoms with E-state index in [-0.39, 0.29) is 5.25 Å². The van der Waals surface area contributed by atoms with Gasteiger partial charge in [-0.1, -0.05) is 108 Å². The van der Waals surface area contributed by atoms with Crippen molar-refractivity contribution in [1.82, 2.24) is 0 Å². The largest absolute Gasteiger partial charge is 0.360 e. The van der Waals surface area contributed by atoms with E-state index < -0.39 is 5.72 Å². The lowest BCUT2D eigenvalue weighted by Crippen LogP contribution is -2.47. The van der Waals surface area contributed by atoms with Crippen LogP contribution in [-0.2, 0) is 10.6 Å². The number of rotatable bonds is 3. The van der Waals surface area contributed by atoms with Crippen LogP contribution in [0, 0.1) is 0 Å². The van der Waals surface area contributed by atoms with Gasteiger partial charge in [0, 0.05) is 27.7 Å². The number of thioether (sulfide) groups is 1. The van der Waals surface area contributed by atoms with E-state index in [1.165, 1.54) is 10.5 Å². The maximum Gasteiger partial charge on any atom is 0.242 e. The molecule has 0 fully saturated rings. The number of amidine groups is 1. The zero-order chi connectivity index (χ0) is 21.4. The molecular weight excluding hydrogens is 412 g/mol. The number of para-hydroxylation sites is 1. The highest BCUT2D eigenvalue weighted by Gasteiger charge is 2.52. The minimum atomic E-state index is -0.730. The van der Waals surface area contributed by atoms with Gasteiger partial charge in [0.05, 0.1) is 5.69 Å². The van der Waals surface area contributed by atoms with Gasteiger partial charge in [-0.05, 0) is 17.7 Å². The first-order valence-corrected chi connectivity index (χ1v) is 11.7. The minimum Gasteiger partial charge on any atom is -0.360 e. The van der Waals surface area contributed by atoms with Gasteiger partial charge in [0.25, 0.3) is 0 Å². The van der Waals surface area contributed by atoms with E-state index in [4.69, 9.17) is 9.99 Å². The average Bonchev–Trinajstić information content (AvgIpc) is 3.18. The van der Waals surface area contributed by atoms with E-state index >= 15 is 0 Å². The van der Waals surface area contributed by atoms with Crippen molar-refractivity contribution < 1.29 is 4.84 Å². The van der Waals surface area contributed by atoms with Crippen molar-refractivity contribution >= 4 is 23.3 Å². The zero-order valence-corrected chi connectivity index (χ0v) is 18.3. The quantitative estimate of drug-likeness (QED) is 0.348. The molecule has 0 bridgehead atoms. The van der Waals surface area contributed by atoms with Gasteiger partial charge in [0.1, 0.15) is 0 Å². The molecule has 0 spiro atoms. The molecule has 0 aliphatic carbocycles. The third-order valence-electron chi connectivity index (χ3n) is 6.12. The molecular formula is C28H22N2OS. The first kappa shape index (κ1) is 19.2. The topological polar surface area (TPSA) is 24.8 Å². The summed E-state index contributed by atoms with van der Waals surface area (Å²) in [7, 11) is 0. The van der Waals surface area contributed by atoms with Crippen molar-refractivity contribution in [3.8, 4) is 0 Å². The summed E-state index contributed by atoms with van der Waals surface area (Å²) < 4.78 is 0. The summed E-state index contributed by atoms with van der Waals surface area (Å²) >= 11 is 1.90. The first-order chi connectivity index (χ1) is 15.9. The fourth-order valence-corrected chi connectivity index (χ4v) is 5.96. The predicted molar refractivity (Wildman–Crippen MR) is 131 cm³/mol. The molecule has 32 heavy (non-hydrogen) atoms. The summed E-state index contributed by atoms with van der Waals surface area (Å²) in [6.07, 6.45) is 0.764. The Hall–Kier alpha value is -3.50. The molecule has 0 amide bonds. The van der Waals surface area contributed by atoms with Crippen molar-refractivity contribution in [3.63, 3.8) is 0 Å². The Morgan fingerprint density at radius 3 is 2.12 bits per heavy atom. The Labute approximate surface area is 192 Å². The number of nitrogens with zero attached hydrogens (tertiary/aromatic N) is 2. The Morgan fingerprint density at radius 1 is 0.750 bits per heavy atom. The van der Waals surface area contributed by atoms with Gasteiger partial charge >= 0.3 is 0 Å². The van der Waals surface area contributed by atoms with Crippen molar-refractivity contribution in [3.05, 3.63) is 132 Å². The Bertz CT molecular complexity index is 1260. The van der Waals surface area contributed by atoms with Crippen molar-refractivity contribution in [2.75, 3.05) is 4.90 Å². The molecule has 4 aromatic carbocycles. The fraction of sp³-hybridized carbons (Fsp3) is 0.107. The summed E-state index contributed by atoms with van der Waals surface area (Å²) in [4.78, 5) is 10.0. The minimum absolute atomic E-state index is 0.216. The second-order valence-electron chi connectivity index (χ2n) is 8.05. The predicted octanol–water partition coefficient (Wildman–Crippen LogP) is 6.98. The molecule has 0 aromatic heterocycles. The second kappa shape index (κ2) is 7.88. The maximum absolute atomic E-state index is 6.49. The highest BCUT2D eigenvalue weighted by atomic mass is 32.2. The van der Waals surface area contributed by atoms with E-state index in [0.717, 1.165) is 29.1 Å². The molecule has 0 saturated heterocycles. The summed E-state index contributed by atoms with van der Waals surface area (Å²) in [6, 6.07) is 40.1. The smallest absolute Gasteiger partial charge is 0.242 e. The molecule has 4 aromatic rings. The van der Waals surface area contributed by atoms with Crippen molar-refractivity contribution in [2.45, 2.75) is 22.3 Å². The van der Waals surface area contributed by atoms with Crippen LogP contribution in [0.25, 0.3) is 0 Å². The molecule has 2 atom stereocenters. The van der Waals surface area contributed by atoms with Crippen molar-refractivity contribution in [2.24, 2.45) is 5.16 Å². The number of hydrogen-bond acceptors (Lipinski definition) is 4. The second-order valence-corrected chi connectivity index (χ2v) is 9.29. The van der Waals surface area contributed by atoms with Gasteiger partial charge < -0.3 is 4.84 Å². The van der Waals surface area contributed by atoms with Crippen LogP contribution in [0.1, 0.15) is 28.4 Å². The lowest BCUT2D eigenvalue weighted by molar-refractivity contribution is -0.0283. The zero-order valence-electron chi connectivity index (χ0n) is 17.5. The molecule has 0 N–H and O–H groups in total. The van der Waals surface area contributed by atoms with Crippen molar-refractivity contribution in [1.29, 1.82) is 0 Å². The number of benzene rings is 4. The SMILES string of the molecule is c1ccc(C2=NOC3(c4ccccc4)CC(c4ccccc4)Sc4ccccc4N23)cc1. The Morgan fingerprint density at radius 2 is 1.38 bits per heavy atom. The normalized spacial score (nSPS) is 21.7. The molecule has 3 nitrogen and oxygen atoms in total. The van der Waals surface area contributed by atoms with E-state index in [1.54, 1.807) is 0 Å². The van der Waals surface area contributed by atoms with Crippen LogP contribution in [0.15, 0.2) is 125 Å². The van der Waals surface area contributed by atoms with Crippen LogP contribution in [0.4, 0.5) is 5.69 Å². The number of hydrogen-bond donors (Lipinski definition) is 0. The number of fused-ring (bicyclic) bond motifs is 3. The number of anilines is 1. The Kier molecular flexibility index (Phi) is 4.73. The summed E-state index contributed by atoms with van der Waals surface area (Å²) in [6.45, 7) is 0. The summed E-state index contributed by atoms with van der Waals surface area (Å²) in [5, 5.41) is 4.92. The molecule has 6 rings (SSSR count). The van der Waals surface area contributed by atoms with Crippen LogP contribution >= 0.6 is 11.8 Å². The monoisotopic (exact) mass is 434 g/mol. The van der Waals surface area contributed by atoms with E-state index in [9.17, 15) is 0 Å². The van der Waals surface area contributed by atoms with Crippen LogP contribution in [0.2, 0.25) is 0 Å². The summed E-state index contributed by atoms with van der Waals surface area (Å²) in [5.74, 6) is 0.844. The third-order valence-corrected chi connectivity index (χ3v) is 7.44. The summed E-state index contributed by atoms with van der Waals surface area (Å²) in [5.41, 5.74) is 3.84. The number of oxime groups is 1. The molecule has 2 unspecified atom stereocenters. The highest BCUT2D eigenvalue weighted by Crippen LogP contribution is 2.56. The van der Waals surface area contributed by atoms with Gasteiger partial charge in [0.2, 0.25) is 5.72 Å². The molecule has 2 heterocycles. The van der Waals surface area contributed by atoms with Gasteiger partial charge in [-0.15, -0.1) is 11.8 Å². The van der Waals surface area contributed by atoms with E-state index in [0.29, 0.717) is 0 Å². The van der Waals surface area contributed by atoms with Gasteiger partial charge in [-0.2, -0.15) is 0 Å².